The molecule has 2 aromatic rings. The third-order valence-electron chi connectivity index (χ3n) is 2.94. The third-order valence-corrected chi connectivity index (χ3v) is 2.94. The van der Waals surface area contributed by atoms with Gasteiger partial charge in [0, 0.05) is 0 Å². The second-order valence-electron chi connectivity index (χ2n) is 4.42. The molecule has 2 rings (SSSR count). The van der Waals surface area contributed by atoms with Crippen LogP contribution in [0.25, 0.3) is 0 Å². The lowest BCUT2D eigenvalue weighted by Crippen LogP contribution is -2.01. The van der Waals surface area contributed by atoms with E-state index in [1.54, 1.807) is 18.2 Å². The maximum Gasteiger partial charge on any atom is 0.335 e. The molecule has 0 aliphatic rings. The number of carbonyl (C=O) groups is 1. The van der Waals surface area contributed by atoms with Gasteiger partial charge in [-0.15, -0.1) is 0 Å². The van der Waals surface area contributed by atoms with Crippen molar-refractivity contribution in [1.82, 2.24) is 0 Å². The number of carboxylic acids is 1. The summed E-state index contributed by atoms with van der Waals surface area (Å²) in [6.07, 6.45) is 0. The SMILES string of the molecule is Cc1ccc(Oc2c(F)cc(C(=O)O)cc2F)cc1C. The molecule has 0 heterocycles. The topological polar surface area (TPSA) is 46.5 Å². The van der Waals surface area contributed by atoms with Crippen LogP contribution in [0.2, 0.25) is 0 Å². The van der Waals surface area contributed by atoms with Gasteiger partial charge in [-0.1, -0.05) is 6.07 Å². The molecule has 3 nitrogen and oxygen atoms in total. The Balaban J connectivity index is 2.38. The van der Waals surface area contributed by atoms with Gasteiger partial charge < -0.3 is 9.84 Å². The summed E-state index contributed by atoms with van der Waals surface area (Å²) in [6, 6.07) is 6.46. The van der Waals surface area contributed by atoms with Crippen molar-refractivity contribution in [1.29, 1.82) is 0 Å². The van der Waals surface area contributed by atoms with E-state index in [9.17, 15) is 13.6 Å². The average molecular weight is 278 g/mol. The molecule has 0 bridgehead atoms. The Labute approximate surface area is 114 Å². The summed E-state index contributed by atoms with van der Waals surface area (Å²) in [4.78, 5) is 10.7. The van der Waals surface area contributed by atoms with Gasteiger partial charge in [0.1, 0.15) is 5.75 Å². The van der Waals surface area contributed by atoms with Gasteiger partial charge in [-0.05, 0) is 49.2 Å². The summed E-state index contributed by atoms with van der Waals surface area (Å²) in [5.41, 5.74) is 1.48. The van der Waals surface area contributed by atoms with Gasteiger partial charge >= 0.3 is 5.97 Å². The molecule has 104 valence electrons. The number of halogens is 2. The smallest absolute Gasteiger partial charge is 0.335 e. The zero-order chi connectivity index (χ0) is 14.9. The van der Waals surface area contributed by atoms with Crippen LogP contribution in [0.1, 0.15) is 21.5 Å². The van der Waals surface area contributed by atoms with E-state index in [-0.39, 0.29) is 5.75 Å². The first-order chi connectivity index (χ1) is 9.38. The molecule has 5 heteroatoms. The zero-order valence-electron chi connectivity index (χ0n) is 10.9. The highest BCUT2D eigenvalue weighted by atomic mass is 19.1. The van der Waals surface area contributed by atoms with Gasteiger partial charge in [-0.3, -0.25) is 0 Å². The second kappa shape index (κ2) is 5.28. The Morgan fingerprint density at radius 2 is 1.65 bits per heavy atom. The Bertz CT molecular complexity index is 658. The van der Waals surface area contributed by atoms with Crippen LogP contribution in [0, 0.1) is 25.5 Å². The number of ether oxygens (including phenoxy) is 1. The minimum absolute atomic E-state index is 0.286. The maximum absolute atomic E-state index is 13.7. The van der Waals surface area contributed by atoms with Crippen molar-refractivity contribution in [3.63, 3.8) is 0 Å². The average Bonchev–Trinajstić information content (AvgIpc) is 2.37. The Morgan fingerprint density at radius 1 is 1.05 bits per heavy atom. The molecule has 0 amide bonds. The van der Waals surface area contributed by atoms with E-state index in [2.05, 4.69) is 0 Å². The van der Waals surface area contributed by atoms with Crippen LogP contribution < -0.4 is 4.74 Å². The second-order valence-corrected chi connectivity index (χ2v) is 4.42. The first-order valence-electron chi connectivity index (χ1n) is 5.86. The predicted octanol–water partition coefficient (Wildman–Crippen LogP) is 4.07. The van der Waals surface area contributed by atoms with Crippen LogP contribution in [0.5, 0.6) is 11.5 Å². The first-order valence-corrected chi connectivity index (χ1v) is 5.86. The number of benzene rings is 2. The summed E-state index contributed by atoms with van der Waals surface area (Å²) in [5, 5.41) is 8.71. The largest absolute Gasteiger partial charge is 0.478 e. The first kappa shape index (κ1) is 14.0. The molecule has 0 aliphatic carbocycles. The fraction of sp³-hybridized carbons (Fsp3) is 0.133. The fourth-order valence-electron chi connectivity index (χ4n) is 1.68. The molecule has 0 aromatic heterocycles. The van der Waals surface area contributed by atoms with Crippen LogP contribution in [0.15, 0.2) is 30.3 Å². The Morgan fingerprint density at radius 3 is 2.15 bits per heavy atom. The quantitative estimate of drug-likeness (QED) is 0.920. The molecule has 0 atom stereocenters. The predicted molar refractivity (Wildman–Crippen MR) is 69.3 cm³/mol. The van der Waals surface area contributed by atoms with E-state index < -0.39 is 28.9 Å². The van der Waals surface area contributed by atoms with E-state index in [4.69, 9.17) is 9.84 Å². The summed E-state index contributed by atoms with van der Waals surface area (Å²) in [7, 11) is 0. The Hall–Kier alpha value is -2.43. The van der Waals surface area contributed by atoms with Crippen molar-refractivity contribution in [2.24, 2.45) is 0 Å². The number of rotatable bonds is 3. The lowest BCUT2D eigenvalue weighted by molar-refractivity contribution is 0.0695. The zero-order valence-corrected chi connectivity index (χ0v) is 10.9. The minimum atomic E-state index is -1.40. The molecule has 0 unspecified atom stereocenters. The molecule has 2 aromatic carbocycles. The number of carboxylic acid groups (broad SMARTS) is 1. The minimum Gasteiger partial charge on any atom is -0.478 e. The van der Waals surface area contributed by atoms with Crippen LogP contribution in [0.4, 0.5) is 8.78 Å². The highest BCUT2D eigenvalue weighted by molar-refractivity contribution is 5.87. The number of hydrogen-bond acceptors (Lipinski definition) is 2. The maximum atomic E-state index is 13.7. The monoisotopic (exact) mass is 278 g/mol. The molecule has 0 aliphatic heterocycles. The van der Waals surface area contributed by atoms with E-state index in [1.165, 1.54) is 0 Å². The van der Waals surface area contributed by atoms with Gasteiger partial charge in [0.05, 0.1) is 5.56 Å². The molecular formula is C15H12F2O3. The van der Waals surface area contributed by atoms with E-state index in [0.29, 0.717) is 0 Å². The van der Waals surface area contributed by atoms with Crippen molar-refractivity contribution >= 4 is 5.97 Å². The Kier molecular flexibility index (Phi) is 3.70. The van der Waals surface area contributed by atoms with Gasteiger partial charge in [0.15, 0.2) is 17.4 Å². The highest BCUT2D eigenvalue weighted by Gasteiger charge is 2.16. The highest BCUT2D eigenvalue weighted by Crippen LogP contribution is 2.29. The number of hydrogen-bond donors (Lipinski definition) is 1. The standard InChI is InChI=1S/C15H12F2O3/c1-8-3-4-11(5-9(8)2)20-14-12(16)6-10(15(18)19)7-13(14)17/h3-7H,1-2H3,(H,18,19). The van der Waals surface area contributed by atoms with Crippen LogP contribution in [0.3, 0.4) is 0 Å². The summed E-state index contributed by atoms with van der Waals surface area (Å²) >= 11 is 0. The molecule has 1 N–H and O–H groups in total. The van der Waals surface area contributed by atoms with Gasteiger partial charge in [-0.25, -0.2) is 13.6 Å². The van der Waals surface area contributed by atoms with Crippen LogP contribution >= 0.6 is 0 Å². The van der Waals surface area contributed by atoms with Gasteiger partial charge in [0.2, 0.25) is 0 Å². The fourth-order valence-corrected chi connectivity index (χ4v) is 1.68. The van der Waals surface area contributed by atoms with Gasteiger partial charge in [0.25, 0.3) is 0 Å². The molecule has 0 spiro atoms. The van der Waals surface area contributed by atoms with Crippen molar-refractivity contribution in [3.05, 3.63) is 58.7 Å². The third kappa shape index (κ3) is 2.77. The van der Waals surface area contributed by atoms with Crippen LogP contribution in [-0.2, 0) is 0 Å². The summed E-state index contributed by atoms with van der Waals surface area (Å²) in [5.74, 6) is -3.84. The normalized spacial score (nSPS) is 10.4. The molecule has 20 heavy (non-hydrogen) atoms. The van der Waals surface area contributed by atoms with Crippen molar-refractivity contribution < 1.29 is 23.4 Å². The van der Waals surface area contributed by atoms with E-state index >= 15 is 0 Å². The molecule has 0 radical (unpaired) electrons. The number of aryl methyl sites for hydroxylation is 2. The molecule has 0 fully saturated rings. The molecule has 0 saturated heterocycles. The van der Waals surface area contributed by atoms with E-state index in [1.807, 2.05) is 13.8 Å². The van der Waals surface area contributed by atoms with Crippen molar-refractivity contribution in [3.8, 4) is 11.5 Å². The van der Waals surface area contributed by atoms with Crippen molar-refractivity contribution in [2.45, 2.75) is 13.8 Å². The molecular weight excluding hydrogens is 266 g/mol. The summed E-state index contributed by atoms with van der Waals surface area (Å²) < 4.78 is 32.6. The van der Waals surface area contributed by atoms with Gasteiger partial charge in [-0.2, -0.15) is 0 Å². The summed E-state index contributed by atoms with van der Waals surface area (Å²) in [6.45, 7) is 3.75. The lowest BCUT2D eigenvalue weighted by atomic mass is 10.1. The van der Waals surface area contributed by atoms with Crippen LogP contribution in [-0.4, -0.2) is 11.1 Å². The van der Waals surface area contributed by atoms with Crippen molar-refractivity contribution in [2.75, 3.05) is 0 Å². The number of aromatic carboxylic acids is 1. The van der Waals surface area contributed by atoms with E-state index in [0.717, 1.165) is 23.3 Å². The lowest BCUT2D eigenvalue weighted by Gasteiger charge is -2.10. The molecule has 0 saturated carbocycles.